The van der Waals surface area contributed by atoms with E-state index < -0.39 is 10.0 Å². The molecule has 1 unspecified atom stereocenters. The summed E-state index contributed by atoms with van der Waals surface area (Å²) in [6, 6.07) is 12.8. The monoisotopic (exact) mass is 385 g/mol. The number of aromatic nitrogens is 1. The van der Waals surface area contributed by atoms with E-state index in [9.17, 15) is 8.42 Å². The molecule has 0 spiro atoms. The molecule has 0 aliphatic heterocycles. The van der Waals surface area contributed by atoms with Crippen LogP contribution in [-0.4, -0.2) is 31.8 Å². The van der Waals surface area contributed by atoms with E-state index in [4.69, 9.17) is 4.42 Å². The maximum Gasteiger partial charge on any atom is 0.242 e. The molecular formula is C20H23N3O3S. The van der Waals surface area contributed by atoms with Crippen molar-refractivity contribution in [1.82, 2.24) is 9.29 Å². The Hall–Kier alpha value is -2.38. The number of anilines is 1. The van der Waals surface area contributed by atoms with Crippen LogP contribution in [0.15, 0.2) is 51.8 Å². The number of benzene rings is 2. The molecule has 142 valence electrons. The predicted octanol–water partition coefficient (Wildman–Crippen LogP) is 4.13. The molecular weight excluding hydrogens is 362 g/mol. The van der Waals surface area contributed by atoms with Crippen LogP contribution in [0.25, 0.3) is 11.1 Å². The average molecular weight is 385 g/mol. The van der Waals surface area contributed by atoms with Gasteiger partial charge in [0.2, 0.25) is 10.0 Å². The summed E-state index contributed by atoms with van der Waals surface area (Å²) in [5, 5.41) is 3.42. The molecule has 1 fully saturated rings. The first-order valence-electron chi connectivity index (χ1n) is 9.04. The number of rotatable bonds is 6. The molecule has 0 bridgehead atoms. The molecule has 1 heterocycles. The van der Waals surface area contributed by atoms with Gasteiger partial charge in [0, 0.05) is 31.7 Å². The zero-order valence-corrected chi connectivity index (χ0v) is 16.5. The number of nitrogens with zero attached hydrogens (tertiary/aromatic N) is 2. The van der Waals surface area contributed by atoms with Crippen molar-refractivity contribution in [3.05, 3.63) is 53.9 Å². The third kappa shape index (κ3) is 3.57. The van der Waals surface area contributed by atoms with Crippen molar-refractivity contribution in [2.45, 2.75) is 36.6 Å². The van der Waals surface area contributed by atoms with Gasteiger partial charge in [-0.15, -0.1) is 0 Å². The molecule has 2 aromatic carbocycles. The quantitative estimate of drug-likeness (QED) is 0.690. The Kier molecular flexibility index (Phi) is 4.44. The molecule has 0 amide bonds. The number of nitrogens with one attached hydrogen (secondary N) is 1. The third-order valence-corrected chi connectivity index (χ3v) is 6.66. The SMILES string of the molecule is CC(Nc1ccc2oc(C3CC3)nc2c1)c1cccc(S(=O)(=O)N(C)C)c1. The molecule has 0 radical (unpaired) electrons. The second-order valence-electron chi connectivity index (χ2n) is 7.23. The number of hydrogen-bond acceptors (Lipinski definition) is 5. The van der Waals surface area contributed by atoms with Crippen molar-refractivity contribution in [2.75, 3.05) is 19.4 Å². The van der Waals surface area contributed by atoms with Gasteiger partial charge in [-0.25, -0.2) is 17.7 Å². The fraction of sp³-hybridized carbons (Fsp3) is 0.350. The molecule has 1 saturated carbocycles. The standard InChI is InChI=1S/C20H23N3O3S/c1-13(15-5-4-6-17(11-15)27(24,25)23(2)3)21-16-9-10-19-18(12-16)22-20(26-19)14-7-8-14/h4-6,9-14,21H,7-8H2,1-3H3. The van der Waals surface area contributed by atoms with E-state index in [1.807, 2.05) is 31.2 Å². The highest BCUT2D eigenvalue weighted by atomic mass is 32.2. The first kappa shape index (κ1) is 18.0. The fourth-order valence-electron chi connectivity index (χ4n) is 3.03. The van der Waals surface area contributed by atoms with Crippen LogP contribution in [0.4, 0.5) is 5.69 Å². The summed E-state index contributed by atoms with van der Waals surface area (Å²) < 4.78 is 31.7. The van der Waals surface area contributed by atoms with Gasteiger partial charge in [0.1, 0.15) is 5.52 Å². The van der Waals surface area contributed by atoms with Gasteiger partial charge in [0.05, 0.1) is 4.90 Å². The van der Waals surface area contributed by atoms with E-state index in [-0.39, 0.29) is 6.04 Å². The summed E-state index contributed by atoms with van der Waals surface area (Å²) in [6.45, 7) is 2.00. The lowest BCUT2D eigenvalue weighted by atomic mass is 10.1. The smallest absolute Gasteiger partial charge is 0.242 e. The average Bonchev–Trinajstić information content (AvgIpc) is 3.41. The van der Waals surface area contributed by atoms with E-state index in [0.717, 1.165) is 41.1 Å². The minimum Gasteiger partial charge on any atom is -0.440 e. The summed E-state index contributed by atoms with van der Waals surface area (Å²) in [6.07, 6.45) is 2.31. The van der Waals surface area contributed by atoms with E-state index in [0.29, 0.717) is 10.8 Å². The Morgan fingerprint density at radius 1 is 1.19 bits per heavy atom. The molecule has 1 N–H and O–H groups in total. The zero-order valence-electron chi connectivity index (χ0n) is 15.6. The van der Waals surface area contributed by atoms with Crippen molar-refractivity contribution in [3.8, 4) is 0 Å². The van der Waals surface area contributed by atoms with E-state index in [2.05, 4.69) is 10.3 Å². The van der Waals surface area contributed by atoms with Gasteiger partial charge in [0.15, 0.2) is 11.5 Å². The lowest BCUT2D eigenvalue weighted by Gasteiger charge is -2.18. The molecule has 1 atom stereocenters. The maximum atomic E-state index is 12.4. The van der Waals surface area contributed by atoms with Crippen LogP contribution >= 0.6 is 0 Å². The summed E-state index contributed by atoms with van der Waals surface area (Å²) in [7, 11) is -0.382. The first-order valence-corrected chi connectivity index (χ1v) is 10.5. The van der Waals surface area contributed by atoms with Crippen molar-refractivity contribution >= 4 is 26.8 Å². The maximum absolute atomic E-state index is 12.4. The van der Waals surface area contributed by atoms with Crippen LogP contribution in [0.1, 0.15) is 43.2 Å². The molecule has 27 heavy (non-hydrogen) atoms. The Morgan fingerprint density at radius 3 is 2.67 bits per heavy atom. The number of sulfonamides is 1. The number of oxazole rings is 1. The van der Waals surface area contributed by atoms with E-state index in [1.54, 1.807) is 18.2 Å². The Morgan fingerprint density at radius 2 is 1.96 bits per heavy atom. The minimum atomic E-state index is -3.45. The van der Waals surface area contributed by atoms with Crippen molar-refractivity contribution in [1.29, 1.82) is 0 Å². The second kappa shape index (κ2) is 6.65. The fourth-order valence-corrected chi connectivity index (χ4v) is 3.99. The normalized spacial score (nSPS) is 16.0. The van der Waals surface area contributed by atoms with Gasteiger partial charge in [0.25, 0.3) is 0 Å². The molecule has 7 heteroatoms. The van der Waals surface area contributed by atoms with Crippen molar-refractivity contribution < 1.29 is 12.8 Å². The molecule has 6 nitrogen and oxygen atoms in total. The van der Waals surface area contributed by atoms with Gasteiger partial charge in [-0.3, -0.25) is 0 Å². The van der Waals surface area contributed by atoms with Gasteiger partial charge >= 0.3 is 0 Å². The summed E-state index contributed by atoms with van der Waals surface area (Å²) in [4.78, 5) is 4.88. The van der Waals surface area contributed by atoms with Crippen LogP contribution in [0, 0.1) is 0 Å². The molecule has 4 rings (SSSR count). The number of hydrogen-bond donors (Lipinski definition) is 1. The highest BCUT2D eigenvalue weighted by Crippen LogP contribution is 2.40. The highest BCUT2D eigenvalue weighted by Gasteiger charge is 2.29. The van der Waals surface area contributed by atoms with Crippen molar-refractivity contribution in [2.24, 2.45) is 0 Å². The second-order valence-corrected chi connectivity index (χ2v) is 9.39. The van der Waals surface area contributed by atoms with Crippen LogP contribution in [-0.2, 0) is 10.0 Å². The van der Waals surface area contributed by atoms with Crippen LogP contribution in [0.2, 0.25) is 0 Å². The molecule has 1 aromatic heterocycles. The summed E-state index contributed by atoms with van der Waals surface area (Å²) >= 11 is 0. The molecule has 0 saturated heterocycles. The third-order valence-electron chi connectivity index (χ3n) is 4.85. The Bertz CT molecular complexity index is 1080. The molecule has 3 aromatic rings. The van der Waals surface area contributed by atoms with Gasteiger partial charge in [-0.05, 0) is 55.7 Å². The molecule has 1 aliphatic rings. The van der Waals surface area contributed by atoms with Crippen LogP contribution in [0.5, 0.6) is 0 Å². The Labute approximate surface area is 159 Å². The Balaban J connectivity index is 1.57. The lowest BCUT2D eigenvalue weighted by Crippen LogP contribution is -2.22. The zero-order chi connectivity index (χ0) is 19.2. The summed E-state index contributed by atoms with van der Waals surface area (Å²) in [5.41, 5.74) is 3.47. The topological polar surface area (TPSA) is 75.4 Å². The number of fused-ring (bicyclic) bond motifs is 1. The summed E-state index contributed by atoms with van der Waals surface area (Å²) in [5.74, 6) is 1.31. The van der Waals surface area contributed by atoms with E-state index in [1.165, 1.54) is 18.4 Å². The van der Waals surface area contributed by atoms with E-state index >= 15 is 0 Å². The van der Waals surface area contributed by atoms with Crippen LogP contribution < -0.4 is 5.32 Å². The van der Waals surface area contributed by atoms with Crippen LogP contribution in [0.3, 0.4) is 0 Å². The lowest BCUT2D eigenvalue weighted by molar-refractivity contribution is 0.520. The van der Waals surface area contributed by atoms with Crippen molar-refractivity contribution in [3.63, 3.8) is 0 Å². The first-order chi connectivity index (χ1) is 12.8. The minimum absolute atomic E-state index is 0.0606. The largest absolute Gasteiger partial charge is 0.440 e. The van der Waals surface area contributed by atoms with Gasteiger partial charge in [-0.1, -0.05) is 12.1 Å². The van der Waals surface area contributed by atoms with Gasteiger partial charge in [-0.2, -0.15) is 0 Å². The highest BCUT2D eigenvalue weighted by molar-refractivity contribution is 7.89. The molecule has 1 aliphatic carbocycles. The predicted molar refractivity (Wildman–Crippen MR) is 105 cm³/mol. The van der Waals surface area contributed by atoms with Gasteiger partial charge < -0.3 is 9.73 Å².